The van der Waals surface area contributed by atoms with Crippen molar-refractivity contribution >= 4 is 17.6 Å². The predicted molar refractivity (Wildman–Crippen MR) is 104 cm³/mol. The highest BCUT2D eigenvalue weighted by atomic mass is 19.3. The van der Waals surface area contributed by atoms with E-state index < -0.39 is 43.0 Å². The number of halogens is 4. The summed E-state index contributed by atoms with van der Waals surface area (Å²) in [6.07, 6.45) is 1.59. The van der Waals surface area contributed by atoms with E-state index in [0.29, 0.717) is 13.0 Å². The Labute approximate surface area is 179 Å². The first-order valence-corrected chi connectivity index (χ1v) is 9.35. The van der Waals surface area contributed by atoms with Crippen molar-refractivity contribution in [3.05, 3.63) is 47.7 Å². The molecule has 3 N–H and O–H groups in total. The minimum atomic E-state index is -3.07. The number of nitrogens with zero attached hydrogens (tertiary/aromatic N) is 3. The van der Waals surface area contributed by atoms with Gasteiger partial charge in [-0.05, 0) is 23.8 Å². The SMILES string of the molecule is N/C(=N/CF)O[C@@H]1CCOC[C@@H]1c1cc(NC(=O)c2cnc(OC(F)F)cn2)ccc1F. The topological polar surface area (TPSA) is 121 Å². The monoisotopic (exact) mass is 457 g/mol. The summed E-state index contributed by atoms with van der Waals surface area (Å²) in [5.41, 5.74) is 5.77. The number of nitrogens with two attached hydrogens (primary N) is 1. The second-order valence-corrected chi connectivity index (χ2v) is 6.55. The summed E-state index contributed by atoms with van der Waals surface area (Å²) >= 11 is 0. The van der Waals surface area contributed by atoms with Crippen LogP contribution in [0.1, 0.15) is 28.4 Å². The second kappa shape index (κ2) is 10.7. The Balaban J connectivity index is 1.75. The lowest BCUT2D eigenvalue weighted by Crippen LogP contribution is -2.36. The molecule has 0 radical (unpaired) electrons. The lowest BCUT2D eigenvalue weighted by atomic mass is 9.90. The fraction of sp³-hybridized carbons (Fsp3) is 0.368. The van der Waals surface area contributed by atoms with E-state index in [1.807, 2.05) is 0 Å². The van der Waals surface area contributed by atoms with Crippen molar-refractivity contribution < 1.29 is 36.6 Å². The fourth-order valence-corrected chi connectivity index (χ4v) is 3.09. The van der Waals surface area contributed by atoms with Gasteiger partial charge >= 0.3 is 6.61 Å². The average Bonchev–Trinajstić information content (AvgIpc) is 2.76. The number of amidine groups is 1. The van der Waals surface area contributed by atoms with Crippen molar-refractivity contribution in [2.75, 3.05) is 25.3 Å². The number of carbonyl (C=O) groups excluding carboxylic acids is 1. The highest BCUT2D eigenvalue weighted by molar-refractivity contribution is 6.02. The molecule has 2 aromatic rings. The maximum Gasteiger partial charge on any atom is 0.388 e. The molecule has 3 rings (SSSR count). The van der Waals surface area contributed by atoms with E-state index in [4.69, 9.17) is 15.2 Å². The Morgan fingerprint density at radius 2 is 2.16 bits per heavy atom. The van der Waals surface area contributed by atoms with Gasteiger partial charge in [0, 0.05) is 18.0 Å². The molecule has 1 aliphatic heterocycles. The van der Waals surface area contributed by atoms with Crippen molar-refractivity contribution in [2.45, 2.75) is 25.1 Å². The summed E-state index contributed by atoms with van der Waals surface area (Å²) in [5.74, 6) is -2.31. The number of anilines is 1. The van der Waals surface area contributed by atoms with Crippen LogP contribution < -0.4 is 15.8 Å². The third kappa shape index (κ3) is 6.03. The van der Waals surface area contributed by atoms with Crippen LogP contribution in [0, 0.1) is 5.82 Å². The molecule has 2 atom stereocenters. The second-order valence-electron chi connectivity index (χ2n) is 6.55. The van der Waals surface area contributed by atoms with Crippen molar-refractivity contribution in [1.82, 2.24) is 9.97 Å². The van der Waals surface area contributed by atoms with Crippen molar-refractivity contribution in [1.29, 1.82) is 0 Å². The lowest BCUT2D eigenvalue weighted by molar-refractivity contribution is -0.0531. The molecule has 0 spiro atoms. The smallest absolute Gasteiger partial charge is 0.388 e. The molecule has 32 heavy (non-hydrogen) atoms. The molecule has 2 heterocycles. The molecule has 172 valence electrons. The molecule has 9 nitrogen and oxygen atoms in total. The minimum Gasteiger partial charge on any atom is -0.461 e. The van der Waals surface area contributed by atoms with Crippen LogP contribution in [0.15, 0.2) is 35.6 Å². The zero-order valence-electron chi connectivity index (χ0n) is 16.5. The Morgan fingerprint density at radius 3 is 2.84 bits per heavy atom. The predicted octanol–water partition coefficient (Wildman–Crippen LogP) is 2.60. The number of rotatable bonds is 7. The number of alkyl halides is 3. The molecule has 0 bridgehead atoms. The zero-order valence-corrected chi connectivity index (χ0v) is 16.5. The van der Waals surface area contributed by atoms with Gasteiger partial charge in [-0.15, -0.1) is 0 Å². The van der Waals surface area contributed by atoms with Gasteiger partial charge in [0.15, 0.2) is 6.80 Å². The van der Waals surface area contributed by atoms with Gasteiger partial charge in [0.25, 0.3) is 11.9 Å². The zero-order chi connectivity index (χ0) is 23.1. The number of benzene rings is 1. The van der Waals surface area contributed by atoms with Gasteiger partial charge in [0.2, 0.25) is 5.88 Å². The first-order valence-electron chi connectivity index (χ1n) is 9.35. The first-order chi connectivity index (χ1) is 15.4. The summed E-state index contributed by atoms with van der Waals surface area (Å²) in [6.45, 7) is -3.67. The number of hydrogen-bond donors (Lipinski definition) is 2. The minimum absolute atomic E-state index is 0.110. The standard InChI is InChI=1S/C19H19F4N5O4/c20-9-27-19(24)31-15-3-4-30-8-12(15)11-5-10(1-2-13(11)21)28-17(29)14-6-26-16(7-25-14)32-18(22)23/h1-2,5-7,12,15,18H,3-4,8-9H2,(H2,24,27)(H,28,29)/t12-,15-/m1/s1. The Hall–Kier alpha value is -3.48. The van der Waals surface area contributed by atoms with E-state index in [-0.39, 0.29) is 29.6 Å². The number of nitrogens with one attached hydrogen (secondary N) is 1. The fourth-order valence-electron chi connectivity index (χ4n) is 3.09. The largest absolute Gasteiger partial charge is 0.461 e. The maximum absolute atomic E-state index is 14.6. The van der Waals surface area contributed by atoms with Crippen molar-refractivity contribution in [3.63, 3.8) is 0 Å². The number of hydrogen-bond acceptors (Lipinski definition) is 7. The molecule has 13 heteroatoms. The van der Waals surface area contributed by atoms with Crippen LogP contribution in [0.2, 0.25) is 0 Å². The highest BCUT2D eigenvalue weighted by Gasteiger charge is 2.32. The molecular formula is C19H19F4N5O4. The summed E-state index contributed by atoms with van der Waals surface area (Å²) < 4.78 is 66.2. The van der Waals surface area contributed by atoms with Crippen LogP contribution in [-0.4, -0.2) is 54.6 Å². The van der Waals surface area contributed by atoms with Gasteiger partial charge in [0.1, 0.15) is 17.6 Å². The Bertz CT molecular complexity index is 961. The highest BCUT2D eigenvalue weighted by Crippen LogP contribution is 2.32. The summed E-state index contributed by atoms with van der Waals surface area (Å²) in [7, 11) is 0. The van der Waals surface area contributed by atoms with Gasteiger partial charge in [-0.1, -0.05) is 0 Å². The number of ether oxygens (including phenoxy) is 3. The van der Waals surface area contributed by atoms with Crippen LogP contribution in [-0.2, 0) is 9.47 Å². The number of amides is 1. The molecule has 1 fully saturated rings. The third-order valence-corrected chi connectivity index (χ3v) is 4.50. The molecule has 0 unspecified atom stereocenters. The summed E-state index contributed by atoms with van der Waals surface area (Å²) in [5, 5.41) is 2.52. The van der Waals surface area contributed by atoms with Crippen LogP contribution >= 0.6 is 0 Å². The van der Waals surface area contributed by atoms with Crippen molar-refractivity contribution in [3.8, 4) is 5.88 Å². The summed E-state index contributed by atoms with van der Waals surface area (Å²) in [6, 6.07) is 3.53. The number of aromatic nitrogens is 2. The van der Waals surface area contributed by atoms with E-state index in [9.17, 15) is 22.4 Å². The van der Waals surface area contributed by atoms with E-state index in [1.165, 1.54) is 12.1 Å². The number of aliphatic imine (C=N–C) groups is 1. The first kappa shape index (κ1) is 23.2. The Kier molecular flexibility index (Phi) is 7.76. The molecule has 0 aliphatic carbocycles. The normalized spacial score (nSPS) is 19.0. The average molecular weight is 457 g/mol. The molecule has 0 saturated carbocycles. The number of carbonyl (C=O) groups is 1. The van der Waals surface area contributed by atoms with Gasteiger partial charge in [-0.25, -0.2) is 23.7 Å². The third-order valence-electron chi connectivity index (χ3n) is 4.50. The molecule has 1 aromatic carbocycles. The quantitative estimate of drug-likeness (QED) is 0.284. The molecule has 1 amide bonds. The van der Waals surface area contributed by atoms with Crippen LogP contribution in [0.4, 0.5) is 23.2 Å². The van der Waals surface area contributed by atoms with Crippen LogP contribution in [0.25, 0.3) is 0 Å². The van der Waals surface area contributed by atoms with Gasteiger partial charge in [0.05, 0.1) is 25.6 Å². The van der Waals surface area contributed by atoms with Gasteiger partial charge in [-0.3, -0.25) is 4.79 Å². The van der Waals surface area contributed by atoms with Crippen LogP contribution in [0.3, 0.4) is 0 Å². The molecule has 1 saturated heterocycles. The van der Waals surface area contributed by atoms with Crippen LogP contribution in [0.5, 0.6) is 5.88 Å². The van der Waals surface area contributed by atoms with Gasteiger partial charge in [-0.2, -0.15) is 8.78 Å². The van der Waals surface area contributed by atoms with Crippen molar-refractivity contribution in [2.24, 2.45) is 10.7 Å². The van der Waals surface area contributed by atoms with E-state index in [1.54, 1.807) is 0 Å². The maximum atomic E-state index is 14.6. The van der Waals surface area contributed by atoms with E-state index >= 15 is 0 Å². The summed E-state index contributed by atoms with van der Waals surface area (Å²) in [4.78, 5) is 23.0. The molecule has 1 aromatic heterocycles. The molecule has 1 aliphatic rings. The molecular weight excluding hydrogens is 438 g/mol. The lowest BCUT2D eigenvalue weighted by Gasteiger charge is -2.32. The Morgan fingerprint density at radius 1 is 1.34 bits per heavy atom. The van der Waals surface area contributed by atoms with E-state index in [2.05, 4.69) is 25.0 Å². The van der Waals surface area contributed by atoms with E-state index in [0.717, 1.165) is 18.5 Å². The van der Waals surface area contributed by atoms with Gasteiger partial charge < -0.3 is 25.3 Å².